The van der Waals surface area contributed by atoms with Gasteiger partial charge >= 0.3 is 0 Å². The molecule has 3 heterocycles. The number of aliphatic imine (C=N–C) groups is 1. The molecule has 0 bridgehead atoms. The molecule has 0 N–H and O–H groups in total. The fourth-order valence-corrected chi connectivity index (χ4v) is 3.09. The van der Waals surface area contributed by atoms with Crippen LogP contribution in [0.5, 0.6) is 0 Å². The van der Waals surface area contributed by atoms with Crippen molar-refractivity contribution in [2.24, 2.45) is 10.9 Å². The minimum absolute atomic E-state index is 0.558. The third kappa shape index (κ3) is 4.67. The van der Waals surface area contributed by atoms with Gasteiger partial charge in [-0.2, -0.15) is 0 Å². The number of carbonyl (C=O) groups excluding carboxylic acids is 1. The van der Waals surface area contributed by atoms with Crippen LogP contribution in [0.2, 0.25) is 0 Å². The summed E-state index contributed by atoms with van der Waals surface area (Å²) in [6, 6.07) is 0. The Hall–Kier alpha value is -1.16. The number of likely N-dealkylation sites (tertiary alicyclic amines) is 1. The summed E-state index contributed by atoms with van der Waals surface area (Å²) in [6.45, 7) is 8.67. The van der Waals surface area contributed by atoms with Crippen LogP contribution >= 0.6 is 0 Å². The van der Waals surface area contributed by atoms with Crippen LogP contribution in [0, 0.1) is 5.92 Å². The molecule has 3 aliphatic heterocycles. The molecule has 0 atom stereocenters. The fourth-order valence-electron chi connectivity index (χ4n) is 3.09. The van der Waals surface area contributed by atoms with E-state index in [1.165, 1.54) is 42.9 Å². The first-order valence-corrected chi connectivity index (χ1v) is 8.26. The van der Waals surface area contributed by atoms with Gasteiger partial charge in [-0.3, -0.25) is 9.79 Å². The number of amides is 1. The monoisotopic (exact) mass is 291 g/mol. The van der Waals surface area contributed by atoms with Gasteiger partial charge in [0.05, 0.1) is 0 Å². The summed E-state index contributed by atoms with van der Waals surface area (Å²) in [5.74, 6) is 0.558. The van der Waals surface area contributed by atoms with E-state index in [-0.39, 0.29) is 0 Å². The normalized spacial score (nSPS) is 22.7. The molecular formula is C17H29N3O. The highest BCUT2D eigenvalue weighted by Crippen LogP contribution is 2.28. The van der Waals surface area contributed by atoms with Crippen molar-refractivity contribution in [3.05, 3.63) is 11.3 Å². The van der Waals surface area contributed by atoms with Gasteiger partial charge in [0.1, 0.15) is 0 Å². The zero-order chi connectivity index (χ0) is 15.2. The van der Waals surface area contributed by atoms with Gasteiger partial charge in [0.25, 0.3) is 0 Å². The summed E-state index contributed by atoms with van der Waals surface area (Å²) in [4.78, 5) is 19.6. The van der Waals surface area contributed by atoms with Crippen molar-refractivity contribution in [2.45, 2.75) is 46.0 Å². The standard InChI is InChI=1S/C12H18N2O.C5H11N/c1-9(2)11-4-3-10-7-14(8-15)6-5-12(10)13-11;1-6-4-2-3-5-6/h8-9H,3-7H2,1-2H3;2-5H2,1H3. The molecule has 3 rings (SSSR count). The molecule has 0 spiro atoms. The number of hydrogen-bond acceptors (Lipinski definition) is 3. The van der Waals surface area contributed by atoms with Crippen molar-refractivity contribution in [1.29, 1.82) is 0 Å². The molecule has 1 amide bonds. The number of hydrogen-bond donors (Lipinski definition) is 0. The lowest BCUT2D eigenvalue weighted by Crippen LogP contribution is -2.32. The Balaban J connectivity index is 0.000000225. The molecule has 0 aromatic carbocycles. The highest BCUT2D eigenvalue weighted by Gasteiger charge is 2.22. The summed E-state index contributed by atoms with van der Waals surface area (Å²) in [5.41, 5.74) is 3.95. The summed E-state index contributed by atoms with van der Waals surface area (Å²) in [5, 5.41) is 0. The van der Waals surface area contributed by atoms with Crippen molar-refractivity contribution in [1.82, 2.24) is 9.80 Å². The molecule has 4 heteroatoms. The van der Waals surface area contributed by atoms with E-state index in [2.05, 4.69) is 25.8 Å². The Morgan fingerprint density at radius 1 is 1.10 bits per heavy atom. The zero-order valence-electron chi connectivity index (χ0n) is 13.8. The molecule has 0 aliphatic carbocycles. The predicted molar refractivity (Wildman–Crippen MR) is 87.5 cm³/mol. The molecule has 0 aromatic rings. The maximum absolute atomic E-state index is 10.7. The second-order valence-electron chi connectivity index (χ2n) is 6.64. The van der Waals surface area contributed by atoms with Crippen molar-refractivity contribution in [2.75, 3.05) is 33.2 Å². The van der Waals surface area contributed by atoms with Crippen LogP contribution in [0.1, 0.15) is 46.0 Å². The smallest absolute Gasteiger partial charge is 0.210 e. The van der Waals surface area contributed by atoms with Crippen molar-refractivity contribution < 1.29 is 4.79 Å². The third-order valence-corrected chi connectivity index (χ3v) is 4.54. The number of carbonyl (C=O) groups is 1. The van der Waals surface area contributed by atoms with Gasteiger partial charge in [-0.1, -0.05) is 13.8 Å². The van der Waals surface area contributed by atoms with Crippen LogP contribution in [-0.2, 0) is 4.79 Å². The molecule has 1 fully saturated rings. The topological polar surface area (TPSA) is 35.9 Å². The van der Waals surface area contributed by atoms with Gasteiger partial charge < -0.3 is 9.80 Å². The molecule has 0 aromatic heterocycles. The first-order valence-electron chi connectivity index (χ1n) is 8.26. The molecular weight excluding hydrogens is 262 g/mol. The highest BCUT2D eigenvalue weighted by molar-refractivity contribution is 5.88. The summed E-state index contributed by atoms with van der Waals surface area (Å²) < 4.78 is 0. The Labute approximate surface area is 128 Å². The van der Waals surface area contributed by atoms with E-state index in [1.54, 1.807) is 0 Å². The molecule has 4 nitrogen and oxygen atoms in total. The minimum Gasteiger partial charge on any atom is -0.341 e. The van der Waals surface area contributed by atoms with Crippen LogP contribution in [-0.4, -0.2) is 55.1 Å². The minimum atomic E-state index is 0.558. The first-order chi connectivity index (χ1) is 10.1. The van der Waals surface area contributed by atoms with Crippen molar-refractivity contribution >= 4 is 12.1 Å². The molecule has 3 aliphatic rings. The second kappa shape index (κ2) is 7.74. The summed E-state index contributed by atoms with van der Waals surface area (Å²) in [7, 11) is 2.17. The third-order valence-electron chi connectivity index (χ3n) is 4.54. The van der Waals surface area contributed by atoms with E-state index < -0.39 is 0 Å². The summed E-state index contributed by atoms with van der Waals surface area (Å²) >= 11 is 0. The fraction of sp³-hybridized carbons (Fsp3) is 0.765. The Morgan fingerprint density at radius 2 is 1.81 bits per heavy atom. The van der Waals surface area contributed by atoms with E-state index in [9.17, 15) is 4.79 Å². The Morgan fingerprint density at radius 3 is 2.33 bits per heavy atom. The van der Waals surface area contributed by atoms with Gasteiger partial charge in [0.2, 0.25) is 6.41 Å². The van der Waals surface area contributed by atoms with Gasteiger partial charge in [0, 0.05) is 30.9 Å². The van der Waals surface area contributed by atoms with Gasteiger partial charge in [-0.15, -0.1) is 0 Å². The van der Waals surface area contributed by atoms with Gasteiger partial charge in [0.15, 0.2) is 0 Å². The van der Waals surface area contributed by atoms with E-state index in [1.807, 2.05) is 4.90 Å². The van der Waals surface area contributed by atoms with Crippen LogP contribution in [0.15, 0.2) is 16.3 Å². The molecule has 21 heavy (non-hydrogen) atoms. The van der Waals surface area contributed by atoms with E-state index in [0.29, 0.717) is 5.92 Å². The second-order valence-corrected chi connectivity index (χ2v) is 6.64. The lowest BCUT2D eigenvalue weighted by atomic mass is 9.93. The van der Waals surface area contributed by atoms with Gasteiger partial charge in [-0.25, -0.2) is 0 Å². The average Bonchev–Trinajstić information content (AvgIpc) is 2.97. The van der Waals surface area contributed by atoms with Crippen molar-refractivity contribution in [3.8, 4) is 0 Å². The van der Waals surface area contributed by atoms with E-state index >= 15 is 0 Å². The highest BCUT2D eigenvalue weighted by atomic mass is 16.1. The number of rotatable bonds is 2. The van der Waals surface area contributed by atoms with Crippen LogP contribution in [0.25, 0.3) is 0 Å². The summed E-state index contributed by atoms with van der Waals surface area (Å²) in [6.07, 6.45) is 6.88. The molecule has 118 valence electrons. The molecule has 0 saturated carbocycles. The van der Waals surface area contributed by atoms with Crippen LogP contribution in [0.3, 0.4) is 0 Å². The average molecular weight is 291 g/mol. The lowest BCUT2D eigenvalue weighted by Gasteiger charge is -2.30. The first kappa shape index (κ1) is 16.2. The Bertz CT molecular complexity index is 420. The Kier molecular flexibility index (Phi) is 5.97. The van der Waals surface area contributed by atoms with Crippen LogP contribution < -0.4 is 0 Å². The van der Waals surface area contributed by atoms with E-state index in [4.69, 9.17) is 4.99 Å². The predicted octanol–water partition coefficient (Wildman–Crippen LogP) is 2.71. The zero-order valence-corrected chi connectivity index (χ0v) is 13.8. The quantitative estimate of drug-likeness (QED) is 0.733. The van der Waals surface area contributed by atoms with E-state index in [0.717, 1.165) is 38.8 Å². The maximum Gasteiger partial charge on any atom is 0.210 e. The lowest BCUT2D eigenvalue weighted by molar-refractivity contribution is -0.118. The molecule has 0 unspecified atom stereocenters. The van der Waals surface area contributed by atoms with Crippen molar-refractivity contribution in [3.63, 3.8) is 0 Å². The van der Waals surface area contributed by atoms with Crippen LogP contribution in [0.4, 0.5) is 0 Å². The number of nitrogens with zero attached hydrogens (tertiary/aromatic N) is 3. The molecule has 1 saturated heterocycles. The largest absolute Gasteiger partial charge is 0.341 e. The maximum atomic E-state index is 10.7. The molecule has 0 radical (unpaired) electrons. The van der Waals surface area contributed by atoms with Gasteiger partial charge in [-0.05, 0) is 57.3 Å². The SMILES string of the molecule is CC(C)C1=NC2=C(CC1)CN(C=O)CC2.CN1CCCC1.